The van der Waals surface area contributed by atoms with E-state index in [9.17, 15) is 13.2 Å². The summed E-state index contributed by atoms with van der Waals surface area (Å²) in [5, 5.41) is 4.22. The number of amides is 1. The van der Waals surface area contributed by atoms with Gasteiger partial charge in [-0.1, -0.05) is 0 Å². The van der Waals surface area contributed by atoms with E-state index < -0.39 is 10.0 Å². The summed E-state index contributed by atoms with van der Waals surface area (Å²) in [6.07, 6.45) is 1.49. The molecule has 1 aromatic carbocycles. The number of benzene rings is 1. The van der Waals surface area contributed by atoms with Crippen molar-refractivity contribution in [2.75, 3.05) is 26.2 Å². The van der Waals surface area contributed by atoms with Crippen molar-refractivity contribution in [3.05, 3.63) is 76.4 Å². The van der Waals surface area contributed by atoms with Gasteiger partial charge in [0.1, 0.15) is 5.76 Å². The van der Waals surface area contributed by atoms with E-state index in [1.807, 2.05) is 4.90 Å². The highest BCUT2D eigenvalue weighted by Crippen LogP contribution is 2.16. The van der Waals surface area contributed by atoms with Crippen LogP contribution in [-0.2, 0) is 23.1 Å². The molecule has 0 spiro atoms. The number of thiophene rings is 1. The Morgan fingerprint density at radius 3 is 2.47 bits per heavy atom. The van der Waals surface area contributed by atoms with Gasteiger partial charge in [-0.3, -0.25) is 9.69 Å². The standard InChI is InChI=1S/C21H23N3O4S2/c25-21(24-10-8-23(9-11-24)15-17-7-13-29-16-17)18-3-5-20(6-4-18)30(26,27)22-14-19-2-1-12-28-19/h1-7,12-13,16,22H,8-11,14-15H2. The van der Waals surface area contributed by atoms with Gasteiger partial charge in [0.2, 0.25) is 10.0 Å². The van der Waals surface area contributed by atoms with E-state index >= 15 is 0 Å². The highest BCUT2D eigenvalue weighted by Gasteiger charge is 2.23. The van der Waals surface area contributed by atoms with Crippen molar-refractivity contribution in [1.29, 1.82) is 0 Å². The Hall–Kier alpha value is -2.46. The molecule has 1 N–H and O–H groups in total. The number of rotatable bonds is 7. The molecule has 158 valence electrons. The van der Waals surface area contributed by atoms with Gasteiger partial charge in [-0.05, 0) is 58.8 Å². The van der Waals surface area contributed by atoms with Crippen molar-refractivity contribution < 1.29 is 17.6 Å². The topological polar surface area (TPSA) is 82.9 Å². The van der Waals surface area contributed by atoms with Crippen molar-refractivity contribution in [3.63, 3.8) is 0 Å². The second-order valence-corrected chi connectivity index (χ2v) is 9.68. The Kier molecular flexibility index (Phi) is 6.33. The molecule has 0 radical (unpaired) electrons. The molecule has 9 heteroatoms. The van der Waals surface area contributed by atoms with Gasteiger partial charge in [0.25, 0.3) is 5.91 Å². The summed E-state index contributed by atoms with van der Waals surface area (Å²) in [7, 11) is -3.68. The molecule has 0 atom stereocenters. The highest BCUT2D eigenvalue weighted by molar-refractivity contribution is 7.89. The monoisotopic (exact) mass is 445 g/mol. The molecule has 1 aliphatic heterocycles. The normalized spacial score (nSPS) is 15.4. The molecule has 1 aliphatic rings. The van der Waals surface area contributed by atoms with E-state index in [2.05, 4.69) is 26.4 Å². The predicted octanol–water partition coefficient (Wildman–Crippen LogP) is 2.78. The van der Waals surface area contributed by atoms with Crippen molar-refractivity contribution in [2.45, 2.75) is 18.0 Å². The van der Waals surface area contributed by atoms with Gasteiger partial charge >= 0.3 is 0 Å². The van der Waals surface area contributed by atoms with Crippen LogP contribution in [0.1, 0.15) is 21.7 Å². The quantitative estimate of drug-likeness (QED) is 0.605. The second kappa shape index (κ2) is 9.13. The lowest BCUT2D eigenvalue weighted by Crippen LogP contribution is -2.48. The number of carbonyl (C=O) groups excluding carboxylic acids is 1. The highest BCUT2D eigenvalue weighted by atomic mass is 32.2. The third kappa shape index (κ3) is 4.99. The third-order valence-electron chi connectivity index (χ3n) is 5.07. The molecular formula is C21H23N3O4S2. The molecule has 2 aromatic heterocycles. The van der Waals surface area contributed by atoms with Crippen LogP contribution >= 0.6 is 11.3 Å². The summed E-state index contributed by atoms with van der Waals surface area (Å²) in [6, 6.07) is 11.6. The first-order chi connectivity index (χ1) is 14.5. The molecule has 1 fully saturated rings. The van der Waals surface area contributed by atoms with Crippen molar-refractivity contribution in [2.24, 2.45) is 0 Å². The van der Waals surface area contributed by atoms with Gasteiger partial charge in [0.05, 0.1) is 17.7 Å². The van der Waals surface area contributed by atoms with Gasteiger partial charge in [-0.2, -0.15) is 11.3 Å². The minimum atomic E-state index is -3.68. The SMILES string of the molecule is O=C(c1ccc(S(=O)(=O)NCc2ccco2)cc1)N1CCN(Cc2ccsc2)CC1. The van der Waals surface area contributed by atoms with Gasteiger partial charge in [0, 0.05) is 38.3 Å². The van der Waals surface area contributed by atoms with Crippen LogP contribution in [0.3, 0.4) is 0 Å². The lowest BCUT2D eigenvalue weighted by molar-refractivity contribution is 0.0628. The van der Waals surface area contributed by atoms with E-state index in [0.717, 1.165) is 19.6 Å². The Labute approximate surface area is 180 Å². The molecule has 0 unspecified atom stereocenters. The van der Waals surface area contributed by atoms with Crippen molar-refractivity contribution in [1.82, 2.24) is 14.5 Å². The predicted molar refractivity (Wildman–Crippen MR) is 115 cm³/mol. The van der Waals surface area contributed by atoms with Crippen LogP contribution in [0.25, 0.3) is 0 Å². The zero-order valence-corrected chi connectivity index (χ0v) is 18.0. The van der Waals surface area contributed by atoms with Crippen LogP contribution in [0.5, 0.6) is 0 Å². The molecule has 7 nitrogen and oxygen atoms in total. The smallest absolute Gasteiger partial charge is 0.253 e. The maximum absolute atomic E-state index is 12.8. The first-order valence-corrected chi connectivity index (χ1v) is 12.1. The Morgan fingerprint density at radius 1 is 1.07 bits per heavy atom. The number of nitrogens with zero attached hydrogens (tertiary/aromatic N) is 2. The molecule has 4 rings (SSSR count). The van der Waals surface area contributed by atoms with E-state index in [4.69, 9.17) is 4.42 Å². The average Bonchev–Trinajstić information content (AvgIpc) is 3.47. The van der Waals surface area contributed by atoms with Crippen LogP contribution in [0, 0.1) is 0 Å². The number of carbonyl (C=O) groups is 1. The van der Waals surface area contributed by atoms with E-state index in [1.54, 1.807) is 35.6 Å². The number of nitrogens with one attached hydrogen (secondary N) is 1. The second-order valence-electron chi connectivity index (χ2n) is 7.13. The summed E-state index contributed by atoms with van der Waals surface area (Å²) in [5.74, 6) is 0.459. The van der Waals surface area contributed by atoms with Gasteiger partial charge in [-0.25, -0.2) is 13.1 Å². The molecule has 1 amide bonds. The molecular weight excluding hydrogens is 422 g/mol. The molecule has 3 aromatic rings. The fourth-order valence-electron chi connectivity index (χ4n) is 3.37. The summed E-state index contributed by atoms with van der Waals surface area (Å²) in [6.45, 7) is 3.95. The zero-order chi connectivity index (χ0) is 21.0. The summed E-state index contributed by atoms with van der Waals surface area (Å²) in [4.78, 5) is 17.1. The van der Waals surface area contributed by atoms with E-state index in [0.29, 0.717) is 24.4 Å². The van der Waals surface area contributed by atoms with E-state index in [1.165, 1.54) is 24.0 Å². The lowest BCUT2D eigenvalue weighted by atomic mass is 10.2. The third-order valence-corrected chi connectivity index (χ3v) is 7.22. The van der Waals surface area contributed by atoms with Gasteiger partial charge in [0.15, 0.2) is 0 Å². The molecule has 0 saturated carbocycles. The van der Waals surface area contributed by atoms with E-state index in [-0.39, 0.29) is 17.3 Å². The van der Waals surface area contributed by atoms with Crippen LogP contribution in [0.15, 0.2) is 68.8 Å². The number of hydrogen-bond acceptors (Lipinski definition) is 6. The fourth-order valence-corrected chi connectivity index (χ4v) is 5.02. The molecule has 0 bridgehead atoms. The number of hydrogen-bond donors (Lipinski definition) is 1. The number of sulfonamides is 1. The first-order valence-electron chi connectivity index (χ1n) is 9.66. The summed E-state index contributed by atoms with van der Waals surface area (Å²) in [5.41, 5.74) is 1.79. The number of piperazine rings is 1. The Balaban J connectivity index is 1.33. The van der Waals surface area contributed by atoms with Crippen molar-refractivity contribution in [3.8, 4) is 0 Å². The number of furan rings is 1. The van der Waals surface area contributed by atoms with Crippen LogP contribution in [0.2, 0.25) is 0 Å². The summed E-state index contributed by atoms with van der Waals surface area (Å²) < 4.78 is 32.5. The Bertz CT molecular complexity index is 1050. The molecule has 3 heterocycles. The Morgan fingerprint density at radius 2 is 1.83 bits per heavy atom. The lowest BCUT2D eigenvalue weighted by Gasteiger charge is -2.34. The first kappa shape index (κ1) is 20.8. The molecule has 1 saturated heterocycles. The van der Waals surface area contributed by atoms with Gasteiger partial charge in [-0.15, -0.1) is 0 Å². The van der Waals surface area contributed by atoms with Crippen LogP contribution in [0.4, 0.5) is 0 Å². The minimum absolute atomic E-state index is 0.0716. The largest absolute Gasteiger partial charge is 0.468 e. The maximum atomic E-state index is 12.8. The van der Waals surface area contributed by atoms with Gasteiger partial charge < -0.3 is 9.32 Å². The maximum Gasteiger partial charge on any atom is 0.253 e. The zero-order valence-electron chi connectivity index (χ0n) is 16.4. The van der Waals surface area contributed by atoms with Crippen LogP contribution < -0.4 is 4.72 Å². The summed E-state index contributed by atoms with van der Waals surface area (Å²) >= 11 is 1.69. The molecule has 0 aliphatic carbocycles. The fraction of sp³-hybridized carbons (Fsp3) is 0.286. The minimum Gasteiger partial charge on any atom is -0.468 e. The molecule has 30 heavy (non-hydrogen) atoms. The van der Waals surface area contributed by atoms with Crippen molar-refractivity contribution >= 4 is 27.3 Å². The van der Waals surface area contributed by atoms with Crippen LogP contribution in [-0.4, -0.2) is 50.3 Å². The average molecular weight is 446 g/mol.